The summed E-state index contributed by atoms with van der Waals surface area (Å²) in [5, 5.41) is 7.29. The second-order valence-corrected chi connectivity index (χ2v) is 6.01. The number of hydrazone groups is 1. The van der Waals surface area contributed by atoms with Gasteiger partial charge in [0.1, 0.15) is 0 Å². The van der Waals surface area contributed by atoms with Gasteiger partial charge in [-0.15, -0.1) is 0 Å². The zero-order valence-electron chi connectivity index (χ0n) is 12.1. The van der Waals surface area contributed by atoms with E-state index in [4.69, 9.17) is 0 Å². The van der Waals surface area contributed by atoms with Crippen molar-refractivity contribution in [1.82, 2.24) is 10.7 Å². The van der Waals surface area contributed by atoms with E-state index in [0.29, 0.717) is 12.0 Å². The van der Waals surface area contributed by atoms with Gasteiger partial charge in [-0.25, -0.2) is 10.2 Å². The number of hydrogen-bond acceptors (Lipinski definition) is 2. The molecule has 0 aromatic rings. The first-order chi connectivity index (χ1) is 9.25. The monoisotopic (exact) mass is 265 g/mol. The van der Waals surface area contributed by atoms with Crippen LogP contribution in [0.1, 0.15) is 71.1 Å². The molecular weight excluding hydrogens is 238 g/mol. The maximum absolute atomic E-state index is 11.8. The molecule has 0 bridgehead atoms. The van der Waals surface area contributed by atoms with Crippen LogP contribution in [-0.2, 0) is 0 Å². The van der Waals surface area contributed by atoms with Gasteiger partial charge in [0.05, 0.1) is 0 Å². The highest BCUT2D eigenvalue weighted by atomic mass is 16.2. The van der Waals surface area contributed by atoms with Gasteiger partial charge in [0.25, 0.3) is 0 Å². The van der Waals surface area contributed by atoms with Crippen LogP contribution >= 0.6 is 0 Å². The number of urea groups is 1. The molecule has 0 atom stereocenters. The third kappa shape index (κ3) is 4.84. The van der Waals surface area contributed by atoms with Crippen molar-refractivity contribution in [3.63, 3.8) is 0 Å². The van der Waals surface area contributed by atoms with Gasteiger partial charge in [-0.3, -0.25) is 0 Å². The lowest BCUT2D eigenvalue weighted by atomic mass is 9.86. The fourth-order valence-electron chi connectivity index (χ4n) is 3.22. The summed E-state index contributed by atoms with van der Waals surface area (Å²) in [4.78, 5) is 11.8. The number of nitrogens with zero attached hydrogens (tertiary/aromatic N) is 1. The van der Waals surface area contributed by atoms with Crippen LogP contribution in [0.3, 0.4) is 0 Å². The Morgan fingerprint density at radius 1 is 0.947 bits per heavy atom. The zero-order chi connectivity index (χ0) is 13.5. The van der Waals surface area contributed by atoms with Gasteiger partial charge in [0.2, 0.25) is 0 Å². The standard InChI is InChI=1S/C15H27N3O/c1-12(13-8-4-2-5-9-13)17-18-15(19)16-14-10-6-3-7-11-14/h13-14H,2-11H2,1H3,(H2,16,18,19)/b17-12-. The Morgan fingerprint density at radius 3 is 2.16 bits per heavy atom. The van der Waals surface area contributed by atoms with Crippen molar-refractivity contribution in [1.29, 1.82) is 0 Å². The van der Waals surface area contributed by atoms with E-state index in [-0.39, 0.29) is 6.03 Å². The summed E-state index contributed by atoms with van der Waals surface area (Å²) < 4.78 is 0. The van der Waals surface area contributed by atoms with Crippen molar-refractivity contribution in [2.24, 2.45) is 11.0 Å². The van der Waals surface area contributed by atoms with Crippen molar-refractivity contribution in [3.05, 3.63) is 0 Å². The Hall–Kier alpha value is -1.06. The van der Waals surface area contributed by atoms with E-state index in [1.807, 2.05) is 6.92 Å². The molecule has 2 aliphatic carbocycles. The smallest absolute Gasteiger partial charge is 0.334 e. The normalized spacial score (nSPS) is 23.1. The molecular formula is C15H27N3O. The Bertz CT molecular complexity index is 315. The maximum atomic E-state index is 11.8. The van der Waals surface area contributed by atoms with Crippen LogP contribution in [0.15, 0.2) is 5.10 Å². The fraction of sp³-hybridized carbons (Fsp3) is 0.867. The van der Waals surface area contributed by atoms with E-state index >= 15 is 0 Å². The second-order valence-electron chi connectivity index (χ2n) is 6.01. The van der Waals surface area contributed by atoms with Crippen molar-refractivity contribution in [2.75, 3.05) is 0 Å². The van der Waals surface area contributed by atoms with Crippen LogP contribution < -0.4 is 10.7 Å². The minimum absolute atomic E-state index is 0.137. The van der Waals surface area contributed by atoms with Gasteiger partial charge in [0, 0.05) is 11.8 Å². The van der Waals surface area contributed by atoms with Crippen molar-refractivity contribution in [2.45, 2.75) is 77.2 Å². The van der Waals surface area contributed by atoms with Crippen LogP contribution in [0.5, 0.6) is 0 Å². The van der Waals surface area contributed by atoms with Gasteiger partial charge < -0.3 is 5.32 Å². The van der Waals surface area contributed by atoms with E-state index < -0.39 is 0 Å². The molecule has 108 valence electrons. The molecule has 0 aromatic heterocycles. The minimum atomic E-state index is -0.137. The van der Waals surface area contributed by atoms with Crippen LogP contribution in [0.4, 0.5) is 4.79 Å². The van der Waals surface area contributed by atoms with Crippen LogP contribution in [-0.4, -0.2) is 17.8 Å². The first kappa shape index (κ1) is 14.4. The Kier molecular flexibility index (Phi) is 5.67. The highest BCUT2D eigenvalue weighted by molar-refractivity contribution is 5.86. The molecule has 0 unspecified atom stereocenters. The number of nitrogens with one attached hydrogen (secondary N) is 2. The van der Waals surface area contributed by atoms with Crippen molar-refractivity contribution < 1.29 is 4.79 Å². The average molecular weight is 265 g/mol. The van der Waals surface area contributed by atoms with Crippen LogP contribution in [0.25, 0.3) is 0 Å². The molecule has 0 spiro atoms. The number of carbonyl (C=O) groups is 1. The number of carbonyl (C=O) groups excluding carboxylic acids is 1. The number of amides is 2. The lowest BCUT2D eigenvalue weighted by Gasteiger charge is -2.23. The van der Waals surface area contributed by atoms with E-state index in [1.165, 1.54) is 51.4 Å². The molecule has 2 fully saturated rings. The molecule has 0 heterocycles. The predicted molar refractivity (Wildman–Crippen MR) is 78.2 cm³/mol. The summed E-state index contributed by atoms with van der Waals surface area (Å²) in [5.41, 5.74) is 3.75. The lowest BCUT2D eigenvalue weighted by molar-refractivity contribution is 0.233. The zero-order valence-corrected chi connectivity index (χ0v) is 12.1. The van der Waals surface area contributed by atoms with E-state index in [1.54, 1.807) is 0 Å². The van der Waals surface area contributed by atoms with Gasteiger partial charge in [0.15, 0.2) is 0 Å². The van der Waals surface area contributed by atoms with Crippen molar-refractivity contribution in [3.8, 4) is 0 Å². The lowest BCUT2D eigenvalue weighted by Crippen LogP contribution is -2.41. The van der Waals surface area contributed by atoms with E-state index in [2.05, 4.69) is 15.8 Å². The molecule has 0 saturated heterocycles. The highest BCUT2D eigenvalue weighted by Crippen LogP contribution is 2.24. The molecule has 2 amide bonds. The highest BCUT2D eigenvalue weighted by Gasteiger charge is 2.17. The van der Waals surface area contributed by atoms with Gasteiger partial charge >= 0.3 is 6.03 Å². The molecule has 19 heavy (non-hydrogen) atoms. The molecule has 4 heteroatoms. The van der Waals surface area contributed by atoms with Crippen molar-refractivity contribution >= 4 is 11.7 Å². The third-order valence-electron chi connectivity index (χ3n) is 4.47. The van der Waals surface area contributed by atoms with Gasteiger partial charge in [-0.2, -0.15) is 5.10 Å². The minimum Gasteiger partial charge on any atom is -0.334 e. The molecule has 2 N–H and O–H groups in total. The predicted octanol–water partition coefficient (Wildman–Crippen LogP) is 3.57. The summed E-state index contributed by atoms with van der Waals surface area (Å²) in [7, 11) is 0. The SMILES string of the molecule is C/C(=N/NC(=O)NC1CCCCC1)C1CCCCC1. The van der Waals surface area contributed by atoms with Gasteiger partial charge in [-0.1, -0.05) is 38.5 Å². The Balaban J connectivity index is 1.71. The maximum Gasteiger partial charge on any atom is 0.335 e. The third-order valence-corrected chi connectivity index (χ3v) is 4.47. The molecule has 2 saturated carbocycles. The van der Waals surface area contributed by atoms with E-state index in [0.717, 1.165) is 18.6 Å². The van der Waals surface area contributed by atoms with Gasteiger partial charge in [-0.05, 0) is 38.5 Å². The molecule has 0 aliphatic heterocycles. The summed E-state index contributed by atoms with van der Waals surface area (Å²) >= 11 is 0. The Labute approximate surface area is 116 Å². The van der Waals surface area contributed by atoms with Crippen LogP contribution in [0, 0.1) is 5.92 Å². The Morgan fingerprint density at radius 2 is 1.53 bits per heavy atom. The first-order valence-corrected chi connectivity index (χ1v) is 7.86. The molecule has 2 rings (SSSR count). The molecule has 0 radical (unpaired) electrons. The van der Waals surface area contributed by atoms with E-state index in [9.17, 15) is 4.79 Å². The topological polar surface area (TPSA) is 53.5 Å². The molecule has 0 aromatic carbocycles. The largest absolute Gasteiger partial charge is 0.335 e. The quantitative estimate of drug-likeness (QED) is 0.595. The fourth-order valence-corrected chi connectivity index (χ4v) is 3.22. The summed E-state index contributed by atoms with van der Waals surface area (Å²) in [5.74, 6) is 0.573. The summed E-state index contributed by atoms with van der Waals surface area (Å²) in [6.45, 7) is 2.04. The summed E-state index contributed by atoms with van der Waals surface area (Å²) in [6, 6.07) is 0.209. The summed E-state index contributed by atoms with van der Waals surface area (Å²) in [6.07, 6.45) is 12.4. The first-order valence-electron chi connectivity index (χ1n) is 7.86. The molecule has 2 aliphatic rings. The average Bonchev–Trinajstić information content (AvgIpc) is 2.47. The van der Waals surface area contributed by atoms with Crippen LogP contribution in [0.2, 0.25) is 0 Å². The number of rotatable bonds is 3. The second kappa shape index (κ2) is 7.51. The molecule has 4 nitrogen and oxygen atoms in total. The number of hydrogen-bond donors (Lipinski definition) is 2.